The summed E-state index contributed by atoms with van der Waals surface area (Å²) in [5.41, 5.74) is -0.0185. The van der Waals surface area contributed by atoms with Crippen LogP contribution < -0.4 is 5.32 Å². The molecule has 1 aromatic rings. The molecule has 0 aliphatic carbocycles. The van der Waals surface area contributed by atoms with Gasteiger partial charge < -0.3 is 15.2 Å². The van der Waals surface area contributed by atoms with Gasteiger partial charge in [-0.2, -0.15) is 0 Å². The number of aromatic nitrogens is 2. The molecule has 8 heteroatoms. The second-order valence-corrected chi connectivity index (χ2v) is 6.64. The van der Waals surface area contributed by atoms with Gasteiger partial charge in [0.05, 0.1) is 6.04 Å². The Balaban J connectivity index is 1.73. The molecule has 2 saturated heterocycles. The van der Waals surface area contributed by atoms with E-state index in [0.29, 0.717) is 6.54 Å². The van der Waals surface area contributed by atoms with Crippen molar-refractivity contribution in [3.8, 4) is 0 Å². The molecule has 2 fully saturated rings. The Labute approximate surface area is 134 Å². The van der Waals surface area contributed by atoms with Gasteiger partial charge in [0.25, 0.3) is 5.91 Å². The lowest BCUT2D eigenvalue weighted by Crippen LogP contribution is -2.44. The van der Waals surface area contributed by atoms with Crippen molar-refractivity contribution < 1.29 is 14.4 Å². The fourth-order valence-electron chi connectivity index (χ4n) is 3.14. The van der Waals surface area contributed by atoms with E-state index in [0.717, 1.165) is 29.3 Å². The van der Waals surface area contributed by atoms with E-state index in [1.54, 1.807) is 24.9 Å². The van der Waals surface area contributed by atoms with Crippen LogP contribution in [0.15, 0.2) is 6.20 Å². The number of hydrogen-bond donors (Lipinski definition) is 2. The van der Waals surface area contributed by atoms with E-state index in [9.17, 15) is 14.4 Å². The number of rotatable bonds is 3. The lowest BCUT2D eigenvalue weighted by Gasteiger charge is -2.25. The number of imide groups is 1. The van der Waals surface area contributed by atoms with Gasteiger partial charge in [-0.3, -0.25) is 14.5 Å². The summed E-state index contributed by atoms with van der Waals surface area (Å²) in [5.74, 6) is 0.147. The number of likely N-dealkylation sites (tertiary alicyclic amines) is 1. The van der Waals surface area contributed by atoms with Crippen molar-refractivity contribution in [2.24, 2.45) is 0 Å². The molecule has 2 aliphatic heterocycles. The second-order valence-electron chi connectivity index (χ2n) is 6.64. The zero-order valence-electron chi connectivity index (χ0n) is 13.5. The summed E-state index contributed by atoms with van der Waals surface area (Å²) in [6.07, 6.45) is 3.43. The monoisotopic (exact) mass is 319 g/mol. The first kappa shape index (κ1) is 15.5. The maximum atomic E-state index is 12.6. The standard InChI is InChI=1S/C15H21N5O3/c1-9-7-16-12(17-9)10-5-4-6-19(10)11(21)8-20-13(22)15(2,3)18-14(20)23/h7,10H,4-6,8H2,1-3H3,(H,16,17)(H,18,23)/t10-/m0/s1. The molecular formula is C15H21N5O3. The smallest absolute Gasteiger partial charge is 0.325 e. The van der Waals surface area contributed by atoms with E-state index in [2.05, 4.69) is 15.3 Å². The van der Waals surface area contributed by atoms with E-state index in [-0.39, 0.29) is 24.4 Å². The number of nitrogens with one attached hydrogen (secondary N) is 2. The number of urea groups is 1. The molecule has 0 bridgehead atoms. The van der Waals surface area contributed by atoms with Crippen molar-refractivity contribution in [3.63, 3.8) is 0 Å². The molecule has 1 atom stereocenters. The molecule has 4 amide bonds. The molecule has 0 spiro atoms. The van der Waals surface area contributed by atoms with Crippen molar-refractivity contribution in [3.05, 3.63) is 17.7 Å². The van der Waals surface area contributed by atoms with Crippen LogP contribution in [0.5, 0.6) is 0 Å². The molecule has 1 aromatic heterocycles. The molecule has 0 saturated carbocycles. The highest BCUT2D eigenvalue weighted by molar-refractivity contribution is 6.08. The number of aromatic amines is 1. The molecule has 0 aromatic carbocycles. The van der Waals surface area contributed by atoms with Gasteiger partial charge in [0.2, 0.25) is 5.91 Å². The molecule has 3 heterocycles. The molecule has 0 unspecified atom stereocenters. The van der Waals surface area contributed by atoms with Gasteiger partial charge in [-0.15, -0.1) is 0 Å². The number of hydrogen-bond acceptors (Lipinski definition) is 4. The molecule has 8 nitrogen and oxygen atoms in total. The second kappa shape index (κ2) is 5.36. The van der Waals surface area contributed by atoms with Crippen LogP contribution in [-0.4, -0.2) is 56.2 Å². The van der Waals surface area contributed by atoms with Gasteiger partial charge in [0.1, 0.15) is 17.9 Å². The van der Waals surface area contributed by atoms with Crippen LogP contribution in [0, 0.1) is 6.92 Å². The SMILES string of the molecule is Cc1cnc([C@@H]2CCCN2C(=O)CN2C(=O)NC(C)(C)C2=O)[nH]1. The number of amides is 4. The topological polar surface area (TPSA) is 98.4 Å². The Hall–Kier alpha value is -2.38. The molecule has 3 rings (SSSR count). The van der Waals surface area contributed by atoms with E-state index in [1.807, 2.05) is 6.92 Å². The third kappa shape index (κ3) is 2.69. The normalized spacial score (nSPS) is 23.5. The predicted octanol–water partition coefficient (Wildman–Crippen LogP) is 0.712. The largest absolute Gasteiger partial charge is 0.344 e. The Morgan fingerprint density at radius 2 is 2.17 bits per heavy atom. The van der Waals surface area contributed by atoms with Gasteiger partial charge >= 0.3 is 6.03 Å². The van der Waals surface area contributed by atoms with E-state index >= 15 is 0 Å². The van der Waals surface area contributed by atoms with Crippen molar-refractivity contribution in [2.75, 3.05) is 13.1 Å². The maximum Gasteiger partial charge on any atom is 0.325 e. The third-order valence-corrected chi connectivity index (χ3v) is 4.35. The van der Waals surface area contributed by atoms with Crippen LogP contribution >= 0.6 is 0 Å². The van der Waals surface area contributed by atoms with Crippen LogP contribution in [0.1, 0.15) is 44.2 Å². The Morgan fingerprint density at radius 3 is 2.74 bits per heavy atom. The Bertz CT molecular complexity index is 666. The van der Waals surface area contributed by atoms with E-state index < -0.39 is 11.6 Å². The summed E-state index contributed by atoms with van der Waals surface area (Å²) in [5, 5.41) is 2.58. The minimum absolute atomic E-state index is 0.120. The van der Waals surface area contributed by atoms with Gasteiger partial charge in [-0.25, -0.2) is 9.78 Å². The lowest BCUT2D eigenvalue weighted by atomic mass is 10.1. The summed E-state index contributed by atoms with van der Waals surface area (Å²) in [7, 11) is 0. The molecule has 0 radical (unpaired) electrons. The van der Waals surface area contributed by atoms with E-state index in [1.165, 1.54) is 0 Å². The van der Waals surface area contributed by atoms with Gasteiger partial charge in [-0.05, 0) is 33.6 Å². The van der Waals surface area contributed by atoms with Gasteiger partial charge in [0, 0.05) is 18.4 Å². The Morgan fingerprint density at radius 1 is 1.43 bits per heavy atom. The van der Waals surface area contributed by atoms with Gasteiger partial charge in [-0.1, -0.05) is 0 Å². The van der Waals surface area contributed by atoms with Crippen LogP contribution in [0.4, 0.5) is 4.79 Å². The maximum absolute atomic E-state index is 12.6. The lowest BCUT2D eigenvalue weighted by molar-refractivity contribution is -0.139. The molecule has 23 heavy (non-hydrogen) atoms. The number of carbonyl (C=O) groups excluding carboxylic acids is 3. The average molecular weight is 319 g/mol. The van der Waals surface area contributed by atoms with Crippen LogP contribution in [0.2, 0.25) is 0 Å². The fourth-order valence-corrected chi connectivity index (χ4v) is 3.14. The molecule has 124 valence electrons. The van der Waals surface area contributed by atoms with Crippen LogP contribution in [0.25, 0.3) is 0 Å². The number of aryl methyl sites for hydroxylation is 1. The summed E-state index contributed by atoms with van der Waals surface area (Å²) >= 11 is 0. The van der Waals surface area contributed by atoms with Crippen molar-refractivity contribution >= 4 is 17.8 Å². The fraction of sp³-hybridized carbons (Fsp3) is 0.600. The summed E-state index contributed by atoms with van der Waals surface area (Å²) in [6.45, 7) is 5.54. The highest BCUT2D eigenvalue weighted by Gasteiger charge is 2.46. The van der Waals surface area contributed by atoms with E-state index in [4.69, 9.17) is 0 Å². The molecule has 2 aliphatic rings. The predicted molar refractivity (Wildman–Crippen MR) is 81.3 cm³/mol. The van der Waals surface area contributed by atoms with Crippen molar-refractivity contribution in [2.45, 2.75) is 45.2 Å². The average Bonchev–Trinajstić information content (AvgIpc) is 3.14. The van der Waals surface area contributed by atoms with Gasteiger partial charge in [0.15, 0.2) is 0 Å². The summed E-state index contributed by atoms with van der Waals surface area (Å²) in [4.78, 5) is 46.9. The highest BCUT2D eigenvalue weighted by Crippen LogP contribution is 2.30. The number of imidazole rings is 1. The Kier molecular flexibility index (Phi) is 3.62. The number of carbonyl (C=O) groups is 3. The zero-order valence-corrected chi connectivity index (χ0v) is 13.5. The first-order valence-corrected chi connectivity index (χ1v) is 7.74. The zero-order chi connectivity index (χ0) is 16.8. The van der Waals surface area contributed by atoms with Crippen LogP contribution in [-0.2, 0) is 9.59 Å². The minimum atomic E-state index is -0.958. The minimum Gasteiger partial charge on any atom is -0.344 e. The summed E-state index contributed by atoms with van der Waals surface area (Å²) in [6, 6.07) is -0.636. The first-order valence-electron chi connectivity index (χ1n) is 7.74. The van der Waals surface area contributed by atoms with Crippen LogP contribution in [0.3, 0.4) is 0 Å². The third-order valence-electron chi connectivity index (χ3n) is 4.35. The number of nitrogens with zero attached hydrogens (tertiary/aromatic N) is 3. The quantitative estimate of drug-likeness (QED) is 0.802. The first-order chi connectivity index (χ1) is 10.8. The van der Waals surface area contributed by atoms with Crippen molar-refractivity contribution in [1.29, 1.82) is 0 Å². The number of H-pyrrole nitrogens is 1. The molecule has 2 N–H and O–H groups in total. The molecular weight excluding hydrogens is 298 g/mol. The summed E-state index contributed by atoms with van der Waals surface area (Å²) < 4.78 is 0. The van der Waals surface area contributed by atoms with Crippen molar-refractivity contribution in [1.82, 2.24) is 25.1 Å². The highest BCUT2D eigenvalue weighted by atomic mass is 16.2.